The number of likely N-dealkylation sites (tertiary alicyclic amines) is 1. The molecular weight excluding hydrogens is 464 g/mol. The minimum Gasteiger partial charge on any atom is -0.493 e. The Morgan fingerprint density at radius 1 is 1.06 bits per heavy atom. The van der Waals surface area contributed by atoms with Crippen molar-refractivity contribution in [3.63, 3.8) is 0 Å². The predicted octanol–water partition coefficient (Wildman–Crippen LogP) is 3.08. The summed E-state index contributed by atoms with van der Waals surface area (Å²) in [6.07, 6.45) is 11.7. The molecule has 2 aliphatic carbocycles. The summed E-state index contributed by atoms with van der Waals surface area (Å²) in [6, 6.07) is 6.86. The molecule has 5 rings (SSSR count). The molecule has 10 heteroatoms. The van der Waals surface area contributed by atoms with Crippen LogP contribution in [0.1, 0.15) is 81.4 Å². The summed E-state index contributed by atoms with van der Waals surface area (Å²) >= 11 is 0. The van der Waals surface area contributed by atoms with Crippen LogP contribution >= 0.6 is 0 Å². The molecule has 0 bridgehead atoms. The average Bonchev–Trinajstić information content (AvgIpc) is 3.29. The van der Waals surface area contributed by atoms with Gasteiger partial charge in [0.05, 0.1) is 6.61 Å². The van der Waals surface area contributed by atoms with Crippen LogP contribution in [0.4, 0.5) is 0 Å². The largest absolute Gasteiger partial charge is 0.493 e. The second-order valence-electron chi connectivity index (χ2n) is 10.1. The van der Waals surface area contributed by atoms with Gasteiger partial charge in [-0.1, -0.05) is 37.8 Å². The van der Waals surface area contributed by atoms with E-state index < -0.39 is 10.2 Å². The van der Waals surface area contributed by atoms with Crippen LogP contribution in [0.2, 0.25) is 0 Å². The Morgan fingerprint density at radius 2 is 1.83 bits per heavy atom. The molecule has 1 atom stereocenters. The minimum absolute atomic E-state index is 0.118. The standard InChI is InChI=1S/C25H38N6O3S/c26-24-28-25(31(35(32,33)29-24)19-9-3-1-4-10-19)27-15-8-18-34-23-12-7-11-20-21(23)13-14-22(20)30-16-5-2-6-17-30/h7,11-12,19,22H,1-6,8-10,13-18H2,(H3,26,27,28,29). The zero-order valence-corrected chi connectivity index (χ0v) is 21.3. The Labute approximate surface area is 209 Å². The highest BCUT2D eigenvalue weighted by molar-refractivity contribution is 7.88. The van der Waals surface area contributed by atoms with E-state index >= 15 is 0 Å². The van der Waals surface area contributed by atoms with Crippen LogP contribution in [0, 0.1) is 0 Å². The number of ether oxygens (including phenoxy) is 1. The maximum absolute atomic E-state index is 12.7. The molecule has 1 aromatic carbocycles. The fourth-order valence-electron chi connectivity index (χ4n) is 6.04. The molecule has 3 N–H and O–H groups in total. The number of nitrogens with two attached hydrogens (primary N) is 1. The van der Waals surface area contributed by atoms with Crippen molar-refractivity contribution >= 4 is 22.1 Å². The fourth-order valence-corrected chi connectivity index (χ4v) is 7.32. The summed E-state index contributed by atoms with van der Waals surface area (Å²) in [5.41, 5.74) is 8.49. The van der Waals surface area contributed by atoms with Crippen molar-refractivity contribution in [2.75, 3.05) is 26.2 Å². The van der Waals surface area contributed by atoms with E-state index in [9.17, 15) is 8.42 Å². The van der Waals surface area contributed by atoms with Crippen molar-refractivity contribution in [2.24, 2.45) is 15.1 Å². The van der Waals surface area contributed by atoms with Crippen molar-refractivity contribution < 1.29 is 13.2 Å². The van der Waals surface area contributed by atoms with Crippen LogP contribution in [-0.2, 0) is 16.6 Å². The molecule has 192 valence electrons. The topological polar surface area (TPSA) is 113 Å². The second kappa shape index (κ2) is 10.7. The Morgan fingerprint density at radius 3 is 2.63 bits per heavy atom. The van der Waals surface area contributed by atoms with Gasteiger partial charge in [0, 0.05) is 18.6 Å². The molecule has 9 nitrogen and oxygen atoms in total. The highest BCUT2D eigenvalue weighted by atomic mass is 32.2. The van der Waals surface area contributed by atoms with E-state index in [2.05, 4.69) is 37.8 Å². The Bertz CT molecular complexity index is 1060. The molecule has 1 aromatic rings. The Kier molecular flexibility index (Phi) is 7.48. The molecule has 35 heavy (non-hydrogen) atoms. The molecule has 0 aromatic heterocycles. The first-order valence-electron chi connectivity index (χ1n) is 13.2. The lowest BCUT2D eigenvalue weighted by atomic mass is 9.96. The number of hydrogen-bond acceptors (Lipinski definition) is 7. The van der Waals surface area contributed by atoms with Crippen LogP contribution in [-0.4, -0.2) is 61.8 Å². The molecule has 2 fully saturated rings. The molecular formula is C25H38N6O3S. The number of fused-ring (bicyclic) bond motifs is 1. The fraction of sp³-hybridized carbons (Fsp3) is 0.680. The van der Waals surface area contributed by atoms with Gasteiger partial charge in [-0.3, -0.25) is 4.90 Å². The Balaban J connectivity index is 1.16. The predicted molar refractivity (Wildman–Crippen MR) is 138 cm³/mol. The monoisotopic (exact) mass is 502 g/mol. The van der Waals surface area contributed by atoms with E-state index in [1.54, 1.807) is 0 Å². The van der Waals surface area contributed by atoms with Gasteiger partial charge >= 0.3 is 10.2 Å². The van der Waals surface area contributed by atoms with E-state index in [1.165, 1.54) is 54.2 Å². The van der Waals surface area contributed by atoms with Crippen molar-refractivity contribution in [1.29, 1.82) is 0 Å². The summed E-state index contributed by atoms with van der Waals surface area (Å²) in [6.45, 7) is 3.49. The lowest BCUT2D eigenvalue weighted by Gasteiger charge is -2.35. The lowest BCUT2D eigenvalue weighted by molar-refractivity contribution is 0.163. The van der Waals surface area contributed by atoms with Crippen LogP contribution in [0.25, 0.3) is 0 Å². The van der Waals surface area contributed by atoms with Gasteiger partial charge in [0.25, 0.3) is 0 Å². The van der Waals surface area contributed by atoms with Gasteiger partial charge in [-0.2, -0.15) is 13.4 Å². The molecule has 1 saturated carbocycles. The molecule has 0 radical (unpaired) electrons. The third-order valence-electron chi connectivity index (χ3n) is 7.68. The highest BCUT2D eigenvalue weighted by Crippen LogP contribution is 2.41. The van der Waals surface area contributed by atoms with Crippen molar-refractivity contribution in [3.05, 3.63) is 29.3 Å². The molecule has 2 heterocycles. The van der Waals surface area contributed by atoms with E-state index in [0.29, 0.717) is 25.6 Å². The van der Waals surface area contributed by atoms with Gasteiger partial charge in [-0.15, -0.1) is 4.40 Å². The summed E-state index contributed by atoms with van der Waals surface area (Å²) in [5, 5.41) is 3.19. The maximum Gasteiger partial charge on any atom is 0.350 e. The molecule has 1 unspecified atom stereocenters. The summed E-state index contributed by atoms with van der Waals surface area (Å²) in [5.74, 6) is 1.05. The number of aliphatic imine (C=N–C) groups is 1. The molecule has 0 spiro atoms. The van der Waals surface area contributed by atoms with Gasteiger partial charge in [-0.25, -0.2) is 4.31 Å². The van der Waals surface area contributed by atoms with Crippen LogP contribution in [0.15, 0.2) is 27.6 Å². The van der Waals surface area contributed by atoms with E-state index in [1.807, 2.05) is 0 Å². The number of piperidine rings is 1. The van der Waals surface area contributed by atoms with Crippen LogP contribution in [0.3, 0.4) is 0 Å². The van der Waals surface area contributed by atoms with E-state index in [0.717, 1.165) is 44.3 Å². The smallest absolute Gasteiger partial charge is 0.350 e. The molecule has 1 saturated heterocycles. The summed E-state index contributed by atoms with van der Waals surface area (Å²) in [7, 11) is -3.86. The average molecular weight is 503 g/mol. The van der Waals surface area contributed by atoms with Gasteiger partial charge in [-0.05, 0) is 75.2 Å². The first kappa shape index (κ1) is 24.4. The number of rotatable bonds is 7. The first-order chi connectivity index (χ1) is 17.0. The zero-order chi connectivity index (χ0) is 24.3. The highest BCUT2D eigenvalue weighted by Gasteiger charge is 2.36. The number of nitrogens with one attached hydrogen (secondary N) is 1. The van der Waals surface area contributed by atoms with Gasteiger partial charge in [0.1, 0.15) is 5.75 Å². The van der Waals surface area contributed by atoms with Crippen molar-refractivity contribution in [2.45, 2.75) is 82.7 Å². The first-order valence-corrected chi connectivity index (χ1v) is 14.6. The van der Waals surface area contributed by atoms with E-state index in [-0.39, 0.29) is 18.0 Å². The lowest BCUT2D eigenvalue weighted by Crippen LogP contribution is -2.53. The maximum atomic E-state index is 12.7. The normalized spacial score (nSPS) is 25.0. The second-order valence-corrected chi connectivity index (χ2v) is 11.5. The van der Waals surface area contributed by atoms with Crippen LogP contribution < -0.4 is 15.8 Å². The van der Waals surface area contributed by atoms with Crippen molar-refractivity contribution in [1.82, 2.24) is 14.5 Å². The Hall–Kier alpha value is -2.33. The van der Waals surface area contributed by atoms with Gasteiger partial charge in [0.2, 0.25) is 11.9 Å². The summed E-state index contributed by atoms with van der Waals surface area (Å²) < 4.78 is 36.6. The third-order valence-corrected chi connectivity index (χ3v) is 9.07. The molecule has 2 aliphatic heterocycles. The number of nitrogens with zero attached hydrogens (tertiary/aromatic N) is 4. The SMILES string of the molecule is NC1=NS(=O)(=O)N(C2CCCCC2)C(NCCCOc2cccc3c2CCC3N2CCCCC2)=N1. The number of guanidine groups is 2. The van der Waals surface area contributed by atoms with Gasteiger partial charge in [0.15, 0.2) is 0 Å². The zero-order valence-electron chi connectivity index (χ0n) is 20.5. The summed E-state index contributed by atoms with van der Waals surface area (Å²) in [4.78, 5) is 6.87. The molecule has 4 aliphatic rings. The third kappa shape index (κ3) is 5.43. The quantitative estimate of drug-likeness (QED) is 0.554. The molecule has 0 amide bonds. The van der Waals surface area contributed by atoms with Crippen molar-refractivity contribution in [3.8, 4) is 5.75 Å². The van der Waals surface area contributed by atoms with E-state index in [4.69, 9.17) is 10.5 Å². The number of benzene rings is 1. The minimum atomic E-state index is -3.86. The van der Waals surface area contributed by atoms with Crippen LogP contribution in [0.5, 0.6) is 5.75 Å². The van der Waals surface area contributed by atoms with Gasteiger partial charge < -0.3 is 15.8 Å². The number of hydrogen-bond donors (Lipinski definition) is 2.